The molecule has 0 bridgehead atoms. The van der Waals surface area contributed by atoms with Crippen molar-refractivity contribution < 1.29 is 4.79 Å². The third kappa shape index (κ3) is 2.95. The van der Waals surface area contributed by atoms with Crippen LogP contribution in [-0.2, 0) is 4.79 Å². The Morgan fingerprint density at radius 3 is 2.53 bits per heavy atom. The number of aromatic amines is 1. The lowest BCUT2D eigenvalue weighted by molar-refractivity contribution is -0.126. The van der Waals surface area contributed by atoms with Gasteiger partial charge in [-0.25, -0.2) is 4.98 Å². The summed E-state index contributed by atoms with van der Waals surface area (Å²) in [4.78, 5) is 19.8. The summed E-state index contributed by atoms with van der Waals surface area (Å²) >= 11 is 0. The summed E-state index contributed by atoms with van der Waals surface area (Å²) in [6, 6.07) is 7.75. The van der Waals surface area contributed by atoms with Gasteiger partial charge in [-0.2, -0.15) is 0 Å². The highest BCUT2D eigenvalue weighted by Gasteiger charge is 2.20. The molecule has 2 unspecified atom stereocenters. The number of imidazole rings is 1. The number of carbonyl (C=O) groups excluding carboxylic acids is 1. The Morgan fingerprint density at radius 1 is 1.21 bits per heavy atom. The zero-order valence-electron chi connectivity index (χ0n) is 11.9. The monoisotopic (exact) mass is 259 g/mol. The van der Waals surface area contributed by atoms with Crippen LogP contribution in [0.1, 0.15) is 39.6 Å². The first-order chi connectivity index (χ1) is 8.99. The Hall–Kier alpha value is -1.84. The average Bonchev–Trinajstić information content (AvgIpc) is 2.81. The van der Waals surface area contributed by atoms with E-state index in [0.717, 1.165) is 16.9 Å². The second-order valence-electron chi connectivity index (χ2n) is 5.40. The van der Waals surface area contributed by atoms with Crippen molar-refractivity contribution in [3.05, 3.63) is 30.1 Å². The predicted molar refractivity (Wildman–Crippen MR) is 76.7 cm³/mol. The van der Waals surface area contributed by atoms with E-state index >= 15 is 0 Å². The van der Waals surface area contributed by atoms with Crippen molar-refractivity contribution in [2.24, 2.45) is 11.8 Å². The van der Waals surface area contributed by atoms with E-state index in [0.29, 0.717) is 5.92 Å². The fourth-order valence-electron chi connectivity index (χ4n) is 1.89. The first-order valence-electron chi connectivity index (χ1n) is 6.74. The minimum Gasteiger partial charge on any atom is -0.346 e. The van der Waals surface area contributed by atoms with Gasteiger partial charge in [0.05, 0.1) is 17.1 Å². The van der Waals surface area contributed by atoms with Crippen LogP contribution in [0.3, 0.4) is 0 Å². The Labute approximate surface area is 113 Å². The van der Waals surface area contributed by atoms with Gasteiger partial charge in [-0.05, 0) is 25.0 Å². The quantitative estimate of drug-likeness (QED) is 0.886. The maximum Gasteiger partial charge on any atom is 0.223 e. The van der Waals surface area contributed by atoms with Crippen molar-refractivity contribution in [2.75, 3.05) is 0 Å². The number of fused-ring (bicyclic) bond motifs is 1. The van der Waals surface area contributed by atoms with Crippen LogP contribution in [0.5, 0.6) is 0 Å². The topological polar surface area (TPSA) is 57.8 Å². The molecule has 0 fully saturated rings. The molecular weight excluding hydrogens is 238 g/mol. The van der Waals surface area contributed by atoms with Crippen LogP contribution in [0.15, 0.2) is 24.3 Å². The molecule has 0 aliphatic carbocycles. The number of nitrogens with one attached hydrogen (secondary N) is 2. The van der Waals surface area contributed by atoms with Gasteiger partial charge in [0.2, 0.25) is 5.91 Å². The number of nitrogens with zero attached hydrogens (tertiary/aromatic N) is 1. The summed E-state index contributed by atoms with van der Waals surface area (Å²) < 4.78 is 0. The first kappa shape index (κ1) is 13.6. The van der Waals surface area contributed by atoms with E-state index in [1.54, 1.807) is 0 Å². The maximum absolute atomic E-state index is 12.0. The smallest absolute Gasteiger partial charge is 0.223 e. The van der Waals surface area contributed by atoms with E-state index in [1.807, 2.05) is 38.1 Å². The molecule has 4 nitrogen and oxygen atoms in total. The number of benzene rings is 1. The Balaban J connectivity index is 2.11. The standard InChI is InChI=1S/C15H21N3O/c1-9(2)10(3)15(19)16-11(4)14-17-12-7-5-6-8-13(12)18-14/h5-11H,1-4H3,(H,16,19)(H,17,18). The molecule has 1 aromatic heterocycles. The molecule has 1 aromatic carbocycles. The number of para-hydroxylation sites is 2. The van der Waals surface area contributed by atoms with Crippen molar-refractivity contribution in [1.29, 1.82) is 0 Å². The summed E-state index contributed by atoms with van der Waals surface area (Å²) in [6.07, 6.45) is 0. The molecule has 4 heteroatoms. The highest BCUT2D eigenvalue weighted by Crippen LogP contribution is 2.17. The number of carbonyl (C=O) groups is 1. The van der Waals surface area contributed by atoms with Gasteiger partial charge in [0, 0.05) is 5.92 Å². The van der Waals surface area contributed by atoms with Gasteiger partial charge in [-0.15, -0.1) is 0 Å². The number of rotatable bonds is 4. The lowest BCUT2D eigenvalue weighted by atomic mass is 9.97. The molecule has 2 aromatic rings. The molecule has 0 spiro atoms. The summed E-state index contributed by atoms with van der Waals surface area (Å²) in [5, 5.41) is 3.01. The molecule has 1 heterocycles. The second kappa shape index (κ2) is 5.43. The van der Waals surface area contributed by atoms with Crippen molar-refractivity contribution in [2.45, 2.75) is 33.7 Å². The zero-order valence-corrected chi connectivity index (χ0v) is 11.9. The van der Waals surface area contributed by atoms with E-state index in [2.05, 4.69) is 29.1 Å². The van der Waals surface area contributed by atoms with Gasteiger partial charge < -0.3 is 10.3 Å². The summed E-state index contributed by atoms with van der Waals surface area (Å²) in [7, 11) is 0. The first-order valence-corrected chi connectivity index (χ1v) is 6.74. The average molecular weight is 259 g/mol. The van der Waals surface area contributed by atoms with E-state index in [9.17, 15) is 4.79 Å². The third-order valence-electron chi connectivity index (χ3n) is 3.59. The van der Waals surface area contributed by atoms with Crippen LogP contribution in [-0.4, -0.2) is 15.9 Å². The van der Waals surface area contributed by atoms with Gasteiger partial charge in [-0.3, -0.25) is 4.79 Å². The zero-order chi connectivity index (χ0) is 14.0. The molecule has 2 N–H and O–H groups in total. The molecule has 0 aliphatic heterocycles. The Morgan fingerprint density at radius 2 is 1.89 bits per heavy atom. The van der Waals surface area contributed by atoms with Crippen molar-refractivity contribution >= 4 is 16.9 Å². The fraction of sp³-hybridized carbons (Fsp3) is 0.467. The number of aromatic nitrogens is 2. The molecule has 0 radical (unpaired) electrons. The van der Waals surface area contributed by atoms with Gasteiger partial charge in [0.1, 0.15) is 5.82 Å². The molecule has 0 saturated heterocycles. The lowest BCUT2D eigenvalue weighted by Crippen LogP contribution is -2.34. The molecule has 2 atom stereocenters. The fourth-order valence-corrected chi connectivity index (χ4v) is 1.89. The van der Waals surface area contributed by atoms with Crippen LogP contribution < -0.4 is 5.32 Å². The third-order valence-corrected chi connectivity index (χ3v) is 3.59. The molecule has 0 aliphatic rings. The van der Waals surface area contributed by atoms with Gasteiger partial charge >= 0.3 is 0 Å². The second-order valence-corrected chi connectivity index (χ2v) is 5.40. The highest BCUT2D eigenvalue weighted by atomic mass is 16.1. The lowest BCUT2D eigenvalue weighted by Gasteiger charge is -2.18. The van der Waals surface area contributed by atoms with Crippen molar-refractivity contribution in [3.63, 3.8) is 0 Å². The van der Waals surface area contributed by atoms with Gasteiger partial charge in [0.15, 0.2) is 0 Å². The normalized spacial score (nSPS) is 14.6. The number of hydrogen-bond donors (Lipinski definition) is 2. The molecule has 102 valence electrons. The number of amides is 1. The van der Waals surface area contributed by atoms with Crippen LogP contribution in [0.25, 0.3) is 11.0 Å². The van der Waals surface area contributed by atoms with Crippen LogP contribution in [0.2, 0.25) is 0 Å². The van der Waals surface area contributed by atoms with E-state index in [4.69, 9.17) is 0 Å². The largest absolute Gasteiger partial charge is 0.346 e. The van der Waals surface area contributed by atoms with Gasteiger partial charge in [0.25, 0.3) is 0 Å². The predicted octanol–water partition coefficient (Wildman–Crippen LogP) is 3.03. The maximum atomic E-state index is 12.0. The van der Waals surface area contributed by atoms with E-state index in [1.165, 1.54) is 0 Å². The SMILES string of the molecule is CC(NC(=O)C(C)C(C)C)c1nc2ccccc2[nH]1. The van der Waals surface area contributed by atoms with Crippen LogP contribution >= 0.6 is 0 Å². The molecule has 2 rings (SSSR count). The van der Waals surface area contributed by atoms with E-state index in [-0.39, 0.29) is 17.9 Å². The summed E-state index contributed by atoms with van der Waals surface area (Å²) in [6.45, 7) is 8.00. The minimum absolute atomic E-state index is 0.00632. The van der Waals surface area contributed by atoms with Crippen molar-refractivity contribution in [1.82, 2.24) is 15.3 Å². The molecule has 1 amide bonds. The Kier molecular flexibility index (Phi) is 3.88. The summed E-state index contributed by atoms with van der Waals surface area (Å²) in [5.41, 5.74) is 1.92. The number of hydrogen-bond acceptors (Lipinski definition) is 2. The van der Waals surface area contributed by atoms with Crippen LogP contribution in [0.4, 0.5) is 0 Å². The van der Waals surface area contributed by atoms with Gasteiger partial charge in [-0.1, -0.05) is 32.9 Å². The minimum atomic E-state index is -0.110. The van der Waals surface area contributed by atoms with E-state index < -0.39 is 0 Å². The Bertz CT molecular complexity index is 541. The van der Waals surface area contributed by atoms with Crippen LogP contribution in [0, 0.1) is 11.8 Å². The molecule has 0 saturated carbocycles. The molecule has 19 heavy (non-hydrogen) atoms. The molecular formula is C15H21N3O. The highest BCUT2D eigenvalue weighted by molar-refractivity contribution is 5.79. The number of H-pyrrole nitrogens is 1. The van der Waals surface area contributed by atoms with Crippen molar-refractivity contribution in [3.8, 4) is 0 Å². The summed E-state index contributed by atoms with van der Waals surface area (Å²) in [5.74, 6) is 1.21.